The maximum Gasteiger partial charge on any atom is 0.230 e. The lowest BCUT2D eigenvalue weighted by Crippen LogP contribution is -2.42. The molecule has 0 fully saturated rings. The Hall–Kier alpha value is -3.46. The summed E-state index contributed by atoms with van der Waals surface area (Å²) in [6, 6.07) is 19.9. The second kappa shape index (κ2) is 12.2. The van der Waals surface area contributed by atoms with Crippen molar-refractivity contribution in [1.29, 1.82) is 5.26 Å². The maximum atomic E-state index is 13.7. The first-order valence-electron chi connectivity index (χ1n) is 13.2. The minimum Gasteiger partial charge on any atom is -0.384 e. The first-order chi connectivity index (χ1) is 19.7. The summed E-state index contributed by atoms with van der Waals surface area (Å²) in [4.78, 5) is 27.9. The standard InChI is InChI=1S/C30H29BrN6O2S2/c1-30(2)14-22-26(23(38)15-30)25(19-10-6-7-11-21(19)31)20(16-32)27(33)37(22)28-35-36-29(41-28)40-17-24(39)34-13-12-18-8-4-3-5-9-18/h3-11,25H,12-15,17,33H2,1-2H3,(H,34,39). The number of rotatable bonds is 8. The van der Waals surface area contributed by atoms with Gasteiger partial charge in [-0.2, -0.15) is 5.26 Å². The zero-order valence-corrected chi connectivity index (χ0v) is 25.9. The number of nitrogens with two attached hydrogens (primary N) is 1. The lowest BCUT2D eigenvalue weighted by atomic mass is 9.69. The molecule has 0 bridgehead atoms. The molecule has 210 valence electrons. The fourth-order valence-electron chi connectivity index (χ4n) is 5.27. The Kier molecular flexibility index (Phi) is 8.63. The second-order valence-corrected chi connectivity index (χ2v) is 13.8. The number of hydrogen-bond donors (Lipinski definition) is 2. The molecule has 41 heavy (non-hydrogen) atoms. The molecule has 1 aromatic heterocycles. The van der Waals surface area contributed by atoms with Crippen molar-refractivity contribution in [2.24, 2.45) is 11.1 Å². The third-order valence-corrected chi connectivity index (χ3v) is 9.85. The molecule has 0 radical (unpaired) electrons. The van der Waals surface area contributed by atoms with E-state index in [-0.39, 0.29) is 28.7 Å². The van der Waals surface area contributed by atoms with Gasteiger partial charge in [-0.15, -0.1) is 10.2 Å². The molecule has 1 aliphatic carbocycles. The first kappa shape index (κ1) is 29.0. The van der Waals surface area contributed by atoms with Crippen LogP contribution in [0.4, 0.5) is 5.13 Å². The van der Waals surface area contributed by atoms with E-state index in [1.54, 1.807) is 4.90 Å². The van der Waals surface area contributed by atoms with Crippen LogP contribution in [0.3, 0.4) is 0 Å². The van der Waals surface area contributed by atoms with Gasteiger partial charge in [0.25, 0.3) is 0 Å². The van der Waals surface area contributed by atoms with E-state index in [4.69, 9.17) is 5.73 Å². The molecule has 0 saturated carbocycles. The van der Waals surface area contributed by atoms with Crippen molar-refractivity contribution in [3.05, 3.63) is 92.9 Å². The van der Waals surface area contributed by atoms with Gasteiger partial charge in [0.15, 0.2) is 10.1 Å². The minimum atomic E-state index is -0.577. The number of anilines is 1. The van der Waals surface area contributed by atoms with Gasteiger partial charge < -0.3 is 11.1 Å². The third kappa shape index (κ3) is 6.25. The van der Waals surface area contributed by atoms with Crippen LogP contribution in [-0.2, 0) is 16.0 Å². The van der Waals surface area contributed by atoms with E-state index < -0.39 is 5.92 Å². The molecule has 2 heterocycles. The summed E-state index contributed by atoms with van der Waals surface area (Å²) in [5, 5.41) is 22.4. The molecule has 2 aliphatic rings. The third-order valence-electron chi connectivity index (χ3n) is 7.09. The number of aromatic nitrogens is 2. The van der Waals surface area contributed by atoms with E-state index in [0.29, 0.717) is 40.0 Å². The maximum absolute atomic E-state index is 13.7. The number of halogens is 1. The van der Waals surface area contributed by atoms with Gasteiger partial charge in [0.2, 0.25) is 11.0 Å². The summed E-state index contributed by atoms with van der Waals surface area (Å²) in [6.45, 7) is 4.66. The Morgan fingerprint density at radius 1 is 1.20 bits per heavy atom. The fraction of sp³-hybridized carbons (Fsp3) is 0.300. The van der Waals surface area contributed by atoms with Gasteiger partial charge in [0.05, 0.1) is 23.3 Å². The molecular weight excluding hydrogens is 620 g/mol. The lowest BCUT2D eigenvalue weighted by molar-refractivity contribution is -0.119. The Balaban J connectivity index is 1.39. The normalized spacial score (nSPS) is 18.2. The number of nitrogens with zero attached hydrogens (tertiary/aromatic N) is 4. The minimum absolute atomic E-state index is 0.00598. The summed E-state index contributed by atoms with van der Waals surface area (Å²) in [5.41, 5.74) is 10.0. The summed E-state index contributed by atoms with van der Waals surface area (Å²) in [6.07, 6.45) is 1.71. The average Bonchev–Trinajstić information content (AvgIpc) is 3.40. The predicted octanol–water partition coefficient (Wildman–Crippen LogP) is 5.69. The number of nitrogens with one attached hydrogen (secondary N) is 1. The number of benzene rings is 2. The van der Waals surface area contributed by atoms with E-state index in [2.05, 4.69) is 51.4 Å². The summed E-state index contributed by atoms with van der Waals surface area (Å²) >= 11 is 6.19. The van der Waals surface area contributed by atoms with Gasteiger partial charge in [-0.3, -0.25) is 14.5 Å². The molecule has 0 saturated heterocycles. The van der Waals surface area contributed by atoms with Crippen LogP contribution in [-0.4, -0.2) is 34.2 Å². The molecule has 11 heteroatoms. The molecule has 5 rings (SSSR count). The van der Waals surface area contributed by atoms with Gasteiger partial charge in [-0.05, 0) is 35.4 Å². The summed E-state index contributed by atoms with van der Waals surface area (Å²) in [7, 11) is 0. The number of thioether (sulfide) groups is 1. The highest BCUT2D eigenvalue weighted by Crippen LogP contribution is 2.51. The van der Waals surface area contributed by atoms with Gasteiger partial charge in [-0.1, -0.05) is 101 Å². The number of amides is 1. The van der Waals surface area contributed by atoms with Gasteiger partial charge in [0, 0.05) is 28.7 Å². The monoisotopic (exact) mass is 648 g/mol. The number of carbonyl (C=O) groups is 2. The topological polar surface area (TPSA) is 125 Å². The van der Waals surface area contributed by atoms with Crippen LogP contribution in [0.25, 0.3) is 0 Å². The molecule has 3 N–H and O–H groups in total. The van der Waals surface area contributed by atoms with E-state index in [1.165, 1.54) is 23.1 Å². The van der Waals surface area contributed by atoms with Crippen molar-refractivity contribution < 1.29 is 9.59 Å². The zero-order valence-electron chi connectivity index (χ0n) is 22.7. The zero-order chi connectivity index (χ0) is 29.1. The van der Waals surface area contributed by atoms with Crippen molar-refractivity contribution in [3.8, 4) is 6.07 Å². The van der Waals surface area contributed by atoms with Crippen LogP contribution in [0, 0.1) is 16.7 Å². The Bertz CT molecular complexity index is 1590. The van der Waals surface area contributed by atoms with Crippen LogP contribution in [0.2, 0.25) is 0 Å². The van der Waals surface area contributed by atoms with Crippen molar-refractivity contribution >= 4 is 55.9 Å². The van der Waals surface area contributed by atoms with E-state index in [9.17, 15) is 14.9 Å². The highest BCUT2D eigenvalue weighted by Gasteiger charge is 2.45. The van der Waals surface area contributed by atoms with E-state index >= 15 is 0 Å². The molecule has 1 unspecified atom stereocenters. The highest BCUT2D eigenvalue weighted by molar-refractivity contribution is 9.10. The van der Waals surface area contributed by atoms with Gasteiger partial charge in [0.1, 0.15) is 5.82 Å². The number of carbonyl (C=O) groups excluding carboxylic acids is 2. The molecule has 2 aromatic carbocycles. The first-order valence-corrected chi connectivity index (χ1v) is 15.8. The lowest BCUT2D eigenvalue weighted by Gasteiger charge is -2.42. The molecule has 0 spiro atoms. The van der Waals surface area contributed by atoms with Gasteiger partial charge in [-0.25, -0.2) is 0 Å². The summed E-state index contributed by atoms with van der Waals surface area (Å²) in [5.74, 6) is -0.237. The molecule has 3 aromatic rings. The van der Waals surface area contributed by atoms with Crippen molar-refractivity contribution in [2.75, 3.05) is 17.2 Å². The number of hydrogen-bond acceptors (Lipinski definition) is 9. The van der Waals surface area contributed by atoms with Crippen LogP contribution in [0.1, 0.15) is 43.7 Å². The van der Waals surface area contributed by atoms with Crippen molar-refractivity contribution in [1.82, 2.24) is 15.5 Å². The van der Waals surface area contributed by atoms with Crippen LogP contribution >= 0.6 is 39.0 Å². The molecule has 1 aliphatic heterocycles. The number of Topliss-reactive ketones (excluding diaryl/α,β-unsaturated/α-hetero) is 1. The molecule has 8 nitrogen and oxygen atoms in total. The fourth-order valence-corrected chi connectivity index (χ4v) is 7.49. The number of allylic oxidation sites excluding steroid dienone is 3. The van der Waals surface area contributed by atoms with Crippen LogP contribution < -0.4 is 16.0 Å². The average molecular weight is 650 g/mol. The second-order valence-electron chi connectivity index (χ2n) is 10.7. The number of nitriles is 1. The Morgan fingerprint density at radius 3 is 2.66 bits per heavy atom. The van der Waals surface area contributed by atoms with Crippen LogP contribution in [0.15, 0.2) is 86.1 Å². The SMILES string of the molecule is CC1(C)CC(=O)C2=C(C1)N(c1nnc(SCC(=O)NCCc3ccccc3)s1)C(N)=C(C#N)C2c1ccccc1Br. The predicted molar refractivity (Wildman–Crippen MR) is 165 cm³/mol. The summed E-state index contributed by atoms with van der Waals surface area (Å²) < 4.78 is 1.40. The van der Waals surface area contributed by atoms with Crippen LogP contribution in [0.5, 0.6) is 0 Å². The molecular formula is C30H29BrN6O2S2. The largest absolute Gasteiger partial charge is 0.384 e. The highest BCUT2D eigenvalue weighted by atomic mass is 79.9. The molecule has 1 amide bonds. The van der Waals surface area contributed by atoms with E-state index in [0.717, 1.165) is 27.7 Å². The quantitative estimate of drug-likeness (QED) is 0.298. The Morgan fingerprint density at radius 2 is 1.93 bits per heavy atom. The van der Waals surface area contributed by atoms with Crippen molar-refractivity contribution in [3.63, 3.8) is 0 Å². The molecule has 1 atom stereocenters. The number of ketones is 1. The van der Waals surface area contributed by atoms with Crippen molar-refractivity contribution in [2.45, 2.75) is 43.4 Å². The smallest absolute Gasteiger partial charge is 0.230 e. The Labute approximate surface area is 255 Å². The van der Waals surface area contributed by atoms with Gasteiger partial charge >= 0.3 is 0 Å². The van der Waals surface area contributed by atoms with E-state index in [1.807, 2.05) is 54.6 Å².